The molecule has 19 heavy (non-hydrogen) atoms. The van der Waals surface area contributed by atoms with Crippen LogP contribution in [0.5, 0.6) is 5.75 Å². The van der Waals surface area contributed by atoms with Crippen molar-refractivity contribution in [2.45, 2.75) is 25.2 Å². The highest BCUT2D eigenvalue weighted by molar-refractivity contribution is 5.36. The first kappa shape index (κ1) is 15.8. The van der Waals surface area contributed by atoms with E-state index < -0.39 is 24.8 Å². The van der Waals surface area contributed by atoms with Crippen LogP contribution in [0.25, 0.3) is 0 Å². The van der Waals surface area contributed by atoms with Crippen LogP contribution in [-0.2, 0) is 0 Å². The van der Waals surface area contributed by atoms with E-state index in [0.717, 1.165) is 0 Å². The first-order chi connectivity index (χ1) is 8.76. The molecule has 0 radical (unpaired) electrons. The number of halogens is 3. The Bertz CT molecular complexity index is 407. The van der Waals surface area contributed by atoms with E-state index in [9.17, 15) is 13.2 Å². The number of nitrogens with two attached hydrogens (primary N) is 1. The minimum atomic E-state index is -4.26. The van der Waals surface area contributed by atoms with Gasteiger partial charge in [0.1, 0.15) is 5.75 Å². The Kier molecular flexibility index (Phi) is 5.20. The predicted molar refractivity (Wildman–Crippen MR) is 68.1 cm³/mol. The Hall–Kier alpha value is -1.27. The molecule has 1 rings (SSSR count). The largest absolute Gasteiger partial charge is 0.496 e. The second-order valence-corrected chi connectivity index (χ2v) is 4.58. The summed E-state index contributed by atoms with van der Waals surface area (Å²) in [5, 5.41) is 0. The molecule has 1 aromatic rings. The molecule has 0 amide bonds. The van der Waals surface area contributed by atoms with Crippen molar-refractivity contribution >= 4 is 0 Å². The summed E-state index contributed by atoms with van der Waals surface area (Å²) in [6.45, 7) is 0.668. The van der Waals surface area contributed by atoms with Crippen molar-refractivity contribution in [1.29, 1.82) is 0 Å². The van der Waals surface area contributed by atoms with Crippen LogP contribution < -0.4 is 10.5 Å². The summed E-state index contributed by atoms with van der Waals surface area (Å²) in [5.41, 5.74) is 6.51. The third kappa shape index (κ3) is 4.40. The maximum atomic E-state index is 12.5. The third-order valence-electron chi connectivity index (χ3n) is 2.86. The molecule has 0 saturated carbocycles. The van der Waals surface area contributed by atoms with Gasteiger partial charge in [0.25, 0.3) is 0 Å². The van der Waals surface area contributed by atoms with Crippen molar-refractivity contribution in [2.75, 3.05) is 20.7 Å². The number of alkyl halides is 3. The van der Waals surface area contributed by atoms with Crippen molar-refractivity contribution in [3.8, 4) is 5.75 Å². The van der Waals surface area contributed by atoms with E-state index >= 15 is 0 Å². The standard InChI is InChI=1S/C13H19F3N2O/c1-9(17)12(18(2)8-13(14,15)16)10-6-4-5-7-11(10)19-3/h4-7,9,12H,8,17H2,1-3H3. The molecular formula is C13H19F3N2O. The zero-order valence-corrected chi connectivity index (χ0v) is 11.2. The molecular weight excluding hydrogens is 257 g/mol. The van der Waals surface area contributed by atoms with Gasteiger partial charge in [0.05, 0.1) is 19.7 Å². The van der Waals surface area contributed by atoms with E-state index in [1.54, 1.807) is 31.2 Å². The molecule has 0 aliphatic heterocycles. The van der Waals surface area contributed by atoms with Crippen LogP contribution >= 0.6 is 0 Å². The van der Waals surface area contributed by atoms with Gasteiger partial charge in [-0.1, -0.05) is 18.2 Å². The Labute approximate surface area is 111 Å². The second-order valence-electron chi connectivity index (χ2n) is 4.58. The van der Waals surface area contributed by atoms with Crippen molar-refractivity contribution in [2.24, 2.45) is 5.73 Å². The summed E-state index contributed by atoms with van der Waals surface area (Å²) >= 11 is 0. The van der Waals surface area contributed by atoms with Gasteiger partial charge >= 0.3 is 6.18 Å². The summed E-state index contributed by atoms with van der Waals surface area (Å²) in [7, 11) is 2.90. The van der Waals surface area contributed by atoms with E-state index in [1.807, 2.05) is 0 Å². The lowest BCUT2D eigenvalue weighted by Gasteiger charge is -2.32. The van der Waals surface area contributed by atoms with Crippen LogP contribution in [0.4, 0.5) is 13.2 Å². The fourth-order valence-electron chi connectivity index (χ4n) is 2.21. The number of methoxy groups -OCH3 is 1. The lowest BCUT2D eigenvalue weighted by atomic mass is 9.98. The highest BCUT2D eigenvalue weighted by Crippen LogP contribution is 2.32. The van der Waals surface area contributed by atoms with Gasteiger partial charge in [-0.3, -0.25) is 4.90 Å². The molecule has 0 aromatic heterocycles. The van der Waals surface area contributed by atoms with Gasteiger partial charge in [0.2, 0.25) is 0 Å². The minimum absolute atomic E-state index is 0.455. The van der Waals surface area contributed by atoms with Crippen molar-refractivity contribution in [3.05, 3.63) is 29.8 Å². The van der Waals surface area contributed by atoms with Crippen molar-refractivity contribution < 1.29 is 17.9 Å². The average molecular weight is 276 g/mol. The molecule has 6 heteroatoms. The van der Waals surface area contributed by atoms with Crippen molar-refractivity contribution in [1.82, 2.24) is 4.90 Å². The number of nitrogens with zero attached hydrogens (tertiary/aromatic N) is 1. The topological polar surface area (TPSA) is 38.5 Å². The Morgan fingerprint density at radius 2 is 1.89 bits per heavy atom. The van der Waals surface area contributed by atoms with Gasteiger partial charge in [0, 0.05) is 11.6 Å². The molecule has 0 heterocycles. The smallest absolute Gasteiger partial charge is 0.401 e. The first-order valence-electron chi connectivity index (χ1n) is 5.91. The van der Waals surface area contributed by atoms with E-state index in [-0.39, 0.29) is 0 Å². The van der Waals surface area contributed by atoms with E-state index in [0.29, 0.717) is 11.3 Å². The Morgan fingerprint density at radius 3 is 2.37 bits per heavy atom. The Balaban J connectivity index is 3.07. The number of ether oxygens (including phenoxy) is 1. The molecule has 0 fully saturated rings. The van der Waals surface area contributed by atoms with E-state index in [4.69, 9.17) is 10.5 Å². The molecule has 2 unspecified atom stereocenters. The zero-order chi connectivity index (χ0) is 14.6. The fraction of sp³-hybridized carbons (Fsp3) is 0.538. The average Bonchev–Trinajstić information content (AvgIpc) is 2.26. The van der Waals surface area contributed by atoms with Crippen LogP contribution in [0.2, 0.25) is 0 Å². The molecule has 0 aliphatic rings. The van der Waals surface area contributed by atoms with Crippen LogP contribution in [0.1, 0.15) is 18.5 Å². The number of hydrogen-bond acceptors (Lipinski definition) is 3. The van der Waals surface area contributed by atoms with Gasteiger partial charge in [0.15, 0.2) is 0 Å². The highest BCUT2D eigenvalue weighted by Gasteiger charge is 2.34. The van der Waals surface area contributed by atoms with Gasteiger partial charge in [-0.05, 0) is 20.0 Å². The van der Waals surface area contributed by atoms with Crippen LogP contribution in [0, 0.1) is 0 Å². The molecule has 0 saturated heterocycles. The maximum absolute atomic E-state index is 12.5. The molecule has 2 N–H and O–H groups in total. The quantitative estimate of drug-likeness (QED) is 0.898. The molecule has 0 bridgehead atoms. The summed E-state index contributed by atoms with van der Waals surface area (Å²) in [5.74, 6) is 0.541. The number of rotatable bonds is 5. The third-order valence-corrected chi connectivity index (χ3v) is 2.86. The molecule has 2 atom stereocenters. The van der Waals surface area contributed by atoms with E-state index in [2.05, 4.69) is 0 Å². The molecule has 108 valence electrons. The Morgan fingerprint density at radius 1 is 1.32 bits per heavy atom. The number of benzene rings is 1. The lowest BCUT2D eigenvalue weighted by molar-refractivity contribution is -0.148. The van der Waals surface area contributed by atoms with Crippen LogP contribution in [-0.4, -0.2) is 37.8 Å². The summed E-state index contributed by atoms with van der Waals surface area (Å²) in [6.07, 6.45) is -4.26. The molecule has 1 aromatic carbocycles. The highest BCUT2D eigenvalue weighted by atomic mass is 19.4. The van der Waals surface area contributed by atoms with Gasteiger partial charge in [-0.25, -0.2) is 0 Å². The monoisotopic (exact) mass is 276 g/mol. The fourth-order valence-corrected chi connectivity index (χ4v) is 2.21. The minimum Gasteiger partial charge on any atom is -0.496 e. The maximum Gasteiger partial charge on any atom is 0.401 e. The molecule has 3 nitrogen and oxygen atoms in total. The number of hydrogen-bond donors (Lipinski definition) is 1. The van der Waals surface area contributed by atoms with Crippen LogP contribution in [0.3, 0.4) is 0 Å². The predicted octanol–water partition coefficient (Wildman–Crippen LogP) is 2.58. The summed E-state index contributed by atoms with van der Waals surface area (Å²) in [4.78, 5) is 1.20. The zero-order valence-electron chi connectivity index (χ0n) is 11.2. The second kappa shape index (κ2) is 6.25. The molecule has 0 aliphatic carbocycles. The van der Waals surface area contributed by atoms with Gasteiger partial charge in [-0.15, -0.1) is 0 Å². The van der Waals surface area contributed by atoms with Gasteiger partial charge in [-0.2, -0.15) is 13.2 Å². The normalized spacial score (nSPS) is 15.4. The van der Waals surface area contributed by atoms with E-state index in [1.165, 1.54) is 19.1 Å². The van der Waals surface area contributed by atoms with Gasteiger partial charge < -0.3 is 10.5 Å². The van der Waals surface area contributed by atoms with Crippen LogP contribution in [0.15, 0.2) is 24.3 Å². The van der Waals surface area contributed by atoms with Crippen molar-refractivity contribution in [3.63, 3.8) is 0 Å². The first-order valence-corrected chi connectivity index (χ1v) is 5.91. The SMILES string of the molecule is COc1ccccc1C(C(C)N)N(C)CC(F)(F)F. The molecule has 0 spiro atoms. The number of para-hydroxylation sites is 1. The lowest BCUT2D eigenvalue weighted by Crippen LogP contribution is -2.41. The summed E-state index contributed by atoms with van der Waals surface area (Å²) in [6, 6.07) is 5.96. The number of likely N-dealkylation sites (N-methyl/N-ethyl adjacent to an activating group) is 1. The summed E-state index contributed by atoms with van der Waals surface area (Å²) < 4.78 is 42.7.